The summed E-state index contributed by atoms with van der Waals surface area (Å²) < 4.78 is 5.88. The summed E-state index contributed by atoms with van der Waals surface area (Å²) in [5, 5.41) is 2.14. The van der Waals surface area contributed by atoms with Crippen molar-refractivity contribution in [1.29, 1.82) is 0 Å². The minimum Gasteiger partial charge on any atom is -0.361 e. The highest BCUT2D eigenvalue weighted by Gasteiger charge is 2.36. The van der Waals surface area contributed by atoms with Gasteiger partial charge in [-0.05, 0) is 30.9 Å². The molecular formula is C16H19NOS. The Kier molecular flexibility index (Phi) is 3.69. The molecule has 2 heterocycles. The molecule has 0 saturated carbocycles. The lowest BCUT2D eigenvalue weighted by Crippen LogP contribution is -2.32. The lowest BCUT2D eigenvalue weighted by molar-refractivity contribution is 0.0254. The van der Waals surface area contributed by atoms with Crippen molar-refractivity contribution in [3.8, 4) is 0 Å². The zero-order valence-corrected chi connectivity index (χ0v) is 12.1. The molecule has 2 aromatic rings. The maximum absolute atomic E-state index is 5.88. The average Bonchev–Trinajstić information content (AvgIpc) is 3.08. The molecule has 1 fully saturated rings. The zero-order chi connectivity index (χ0) is 13.2. The molecule has 3 atom stereocenters. The third kappa shape index (κ3) is 2.46. The molecule has 0 amide bonds. The molecule has 3 rings (SSSR count). The largest absolute Gasteiger partial charge is 0.361 e. The minimum atomic E-state index is 0.169. The molecule has 3 heteroatoms. The number of nitrogens with zero attached hydrogens (tertiary/aromatic N) is 1. The summed E-state index contributed by atoms with van der Waals surface area (Å²) in [5.74, 6) is 0. The SMILES string of the molecule is C[C@H](c1cccs1)N1[C@@H](C)OC[C@H]1c1ccccc1. The molecule has 1 saturated heterocycles. The van der Waals surface area contributed by atoms with Gasteiger partial charge in [-0.25, -0.2) is 0 Å². The maximum atomic E-state index is 5.88. The molecule has 2 nitrogen and oxygen atoms in total. The van der Waals surface area contributed by atoms with Crippen molar-refractivity contribution in [3.05, 3.63) is 58.3 Å². The highest BCUT2D eigenvalue weighted by atomic mass is 32.1. The Morgan fingerprint density at radius 2 is 2.00 bits per heavy atom. The van der Waals surface area contributed by atoms with E-state index >= 15 is 0 Å². The fourth-order valence-corrected chi connectivity index (χ4v) is 3.65. The van der Waals surface area contributed by atoms with Crippen molar-refractivity contribution >= 4 is 11.3 Å². The summed E-state index contributed by atoms with van der Waals surface area (Å²) >= 11 is 1.82. The fourth-order valence-electron chi connectivity index (χ4n) is 2.86. The van der Waals surface area contributed by atoms with Crippen LogP contribution in [-0.4, -0.2) is 17.7 Å². The fraction of sp³-hybridized carbons (Fsp3) is 0.375. The summed E-state index contributed by atoms with van der Waals surface area (Å²) in [7, 11) is 0. The van der Waals surface area contributed by atoms with Crippen molar-refractivity contribution in [3.63, 3.8) is 0 Å². The molecule has 0 N–H and O–H groups in total. The highest BCUT2D eigenvalue weighted by molar-refractivity contribution is 7.10. The smallest absolute Gasteiger partial charge is 0.108 e. The number of ether oxygens (including phenoxy) is 1. The highest BCUT2D eigenvalue weighted by Crippen LogP contribution is 2.38. The second-order valence-corrected chi connectivity index (χ2v) is 5.98. The van der Waals surface area contributed by atoms with Crippen LogP contribution in [-0.2, 0) is 4.74 Å². The Balaban J connectivity index is 1.89. The van der Waals surface area contributed by atoms with Crippen LogP contribution in [0.15, 0.2) is 47.8 Å². The van der Waals surface area contributed by atoms with Gasteiger partial charge in [0.15, 0.2) is 0 Å². The normalized spacial score (nSPS) is 25.6. The van der Waals surface area contributed by atoms with E-state index in [1.165, 1.54) is 10.4 Å². The van der Waals surface area contributed by atoms with Gasteiger partial charge < -0.3 is 4.74 Å². The predicted octanol–water partition coefficient (Wildman–Crippen LogP) is 4.23. The van der Waals surface area contributed by atoms with Gasteiger partial charge in [-0.15, -0.1) is 11.3 Å². The Morgan fingerprint density at radius 1 is 1.21 bits per heavy atom. The van der Waals surface area contributed by atoms with E-state index in [0.29, 0.717) is 12.1 Å². The maximum Gasteiger partial charge on any atom is 0.108 e. The second-order valence-electron chi connectivity index (χ2n) is 5.00. The van der Waals surface area contributed by atoms with Crippen molar-refractivity contribution in [2.75, 3.05) is 6.61 Å². The first-order valence-corrected chi connectivity index (χ1v) is 7.62. The summed E-state index contributed by atoms with van der Waals surface area (Å²) in [5.41, 5.74) is 1.34. The third-order valence-electron chi connectivity index (χ3n) is 3.86. The van der Waals surface area contributed by atoms with Gasteiger partial charge in [0.05, 0.1) is 12.6 Å². The van der Waals surface area contributed by atoms with Crippen molar-refractivity contribution < 1.29 is 4.74 Å². The second kappa shape index (κ2) is 5.45. The molecule has 1 aliphatic rings. The van der Waals surface area contributed by atoms with E-state index < -0.39 is 0 Å². The van der Waals surface area contributed by atoms with Crippen LogP contribution in [0.5, 0.6) is 0 Å². The van der Waals surface area contributed by atoms with E-state index in [1.807, 2.05) is 11.3 Å². The van der Waals surface area contributed by atoms with Crippen molar-refractivity contribution in [2.45, 2.75) is 32.2 Å². The zero-order valence-electron chi connectivity index (χ0n) is 11.3. The summed E-state index contributed by atoms with van der Waals surface area (Å²) in [6.07, 6.45) is 0.169. The van der Waals surface area contributed by atoms with Gasteiger partial charge >= 0.3 is 0 Å². The molecule has 0 bridgehead atoms. The average molecular weight is 273 g/mol. The quantitative estimate of drug-likeness (QED) is 0.830. The van der Waals surface area contributed by atoms with Gasteiger partial charge in [0.1, 0.15) is 6.23 Å². The van der Waals surface area contributed by atoms with Crippen LogP contribution in [0, 0.1) is 0 Å². The van der Waals surface area contributed by atoms with E-state index in [9.17, 15) is 0 Å². The summed E-state index contributed by atoms with van der Waals surface area (Å²) in [6.45, 7) is 5.20. The number of rotatable bonds is 3. The summed E-state index contributed by atoms with van der Waals surface area (Å²) in [6, 6.07) is 15.7. The van der Waals surface area contributed by atoms with Crippen LogP contribution in [0.1, 0.15) is 36.4 Å². The van der Waals surface area contributed by atoms with Crippen LogP contribution < -0.4 is 0 Å². The van der Waals surface area contributed by atoms with Gasteiger partial charge in [0.2, 0.25) is 0 Å². The van der Waals surface area contributed by atoms with Crippen LogP contribution in [0.3, 0.4) is 0 Å². The number of thiophene rings is 1. The van der Waals surface area contributed by atoms with E-state index in [1.54, 1.807) is 0 Å². The van der Waals surface area contributed by atoms with Gasteiger partial charge in [0, 0.05) is 10.9 Å². The number of hydrogen-bond acceptors (Lipinski definition) is 3. The Bertz CT molecular complexity index is 511. The molecule has 0 spiro atoms. The van der Waals surface area contributed by atoms with Crippen LogP contribution in [0.25, 0.3) is 0 Å². The predicted molar refractivity (Wildman–Crippen MR) is 79.2 cm³/mol. The molecule has 1 aliphatic heterocycles. The molecule has 0 aliphatic carbocycles. The third-order valence-corrected chi connectivity index (χ3v) is 4.90. The van der Waals surface area contributed by atoms with Gasteiger partial charge in [-0.3, -0.25) is 4.90 Å². The Labute approximate surface area is 118 Å². The van der Waals surface area contributed by atoms with Crippen LogP contribution >= 0.6 is 11.3 Å². The van der Waals surface area contributed by atoms with E-state index in [0.717, 1.165) is 6.61 Å². The molecule has 19 heavy (non-hydrogen) atoms. The summed E-state index contributed by atoms with van der Waals surface area (Å²) in [4.78, 5) is 3.87. The van der Waals surface area contributed by atoms with Crippen molar-refractivity contribution in [1.82, 2.24) is 4.90 Å². The molecule has 1 aromatic carbocycles. The van der Waals surface area contributed by atoms with Crippen LogP contribution in [0.4, 0.5) is 0 Å². The van der Waals surface area contributed by atoms with Gasteiger partial charge in [-0.2, -0.15) is 0 Å². The lowest BCUT2D eigenvalue weighted by Gasteiger charge is -2.31. The first kappa shape index (κ1) is 12.9. The monoisotopic (exact) mass is 273 g/mol. The number of benzene rings is 1. The van der Waals surface area contributed by atoms with E-state index in [2.05, 4.69) is 66.6 Å². The van der Waals surface area contributed by atoms with Crippen LogP contribution in [0.2, 0.25) is 0 Å². The van der Waals surface area contributed by atoms with Gasteiger partial charge in [0.25, 0.3) is 0 Å². The molecule has 0 unspecified atom stereocenters. The Hall–Kier alpha value is -1.16. The number of hydrogen-bond donors (Lipinski definition) is 0. The topological polar surface area (TPSA) is 12.5 Å². The lowest BCUT2D eigenvalue weighted by atomic mass is 10.0. The van der Waals surface area contributed by atoms with E-state index in [4.69, 9.17) is 4.74 Å². The van der Waals surface area contributed by atoms with Gasteiger partial charge in [-0.1, -0.05) is 36.4 Å². The van der Waals surface area contributed by atoms with Crippen molar-refractivity contribution in [2.24, 2.45) is 0 Å². The van der Waals surface area contributed by atoms with E-state index in [-0.39, 0.29) is 6.23 Å². The first-order chi connectivity index (χ1) is 9.27. The molecular weight excluding hydrogens is 254 g/mol. The first-order valence-electron chi connectivity index (χ1n) is 6.75. The Morgan fingerprint density at radius 3 is 2.68 bits per heavy atom. The standard InChI is InChI=1S/C16H19NOS/c1-12(16-9-6-10-19-16)17-13(2)18-11-15(17)14-7-4-3-5-8-14/h3-10,12-13,15H,11H2,1-2H3/t12-,13-,15+/m1/s1. The molecule has 1 aromatic heterocycles. The molecule has 100 valence electrons. The minimum absolute atomic E-state index is 0.169. The molecule has 0 radical (unpaired) electrons.